The highest BCUT2D eigenvalue weighted by molar-refractivity contribution is 5.83. The number of nitrogens with one attached hydrogen (secondary N) is 1. The second-order valence-electron chi connectivity index (χ2n) is 4.20. The fraction of sp³-hybridized carbons (Fsp3) is 0.455. The van der Waals surface area contributed by atoms with E-state index in [1.54, 1.807) is 6.07 Å². The summed E-state index contributed by atoms with van der Waals surface area (Å²) in [4.78, 5) is 15.5. The number of ether oxygens (including phenoxy) is 1. The summed E-state index contributed by atoms with van der Waals surface area (Å²) in [6, 6.07) is 2.87. The molecule has 0 saturated carbocycles. The Labute approximate surface area is 92.8 Å². The molecule has 2 rings (SSSR count). The van der Waals surface area contributed by atoms with Gasteiger partial charge in [-0.2, -0.15) is 0 Å². The zero-order chi connectivity index (χ0) is 11.6. The van der Waals surface area contributed by atoms with E-state index in [0.717, 1.165) is 6.20 Å². The van der Waals surface area contributed by atoms with Gasteiger partial charge in [-0.15, -0.1) is 0 Å². The van der Waals surface area contributed by atoms with E-state index < -0.39 is 5.41 Å². The van der Waals surface area contributed by atoms with Crippen LogP contribution in [0.4, 0.5) is 4.39 Å². The van der Waals surface area contributed by atoms with Crippen molar-refractivity contribution in [2.75, 3.05) is 13.2 Å². The number of nitrogens with zero attached hydrogens (tertiary/aromatic N) is 1. The zero-order valence-corrected chi connectivity index (χ0v) is 9.00. The summed E-state index contributed by atoms with van der Waals surface area (Å²) in [5.74, 6) is -0.431. The maximum atomic E-state index is 12.6. The maximum Gasteiger partial charge on any atom is 0.230 e. The molecule has 1 aromatic rings. The Morgan fingerprint density at radius 2 is 2.38 bits per heavy atom. The lowest BCUT2D eigenvalue weighted by atomic mass is 9.87. The summed E-state index contributed by atoms with van der Waals surface area (Å²) in [6.07, 6.45) is 1.13. The number of amides is 1. The van der Waals surface area contributed by atoms with Crippen molar-refractivity contribution < 1.29 is 13.9 Å². The molecule has 86 valence electrons. The highest BCUT2D eigenvalue weighted by Gasteiger charge is 2.40. The van der Waals surface area contributed by atoms with Crippen LogP contribution in [-0.4, -0.2) is 24.1 Å². The normalized spacial score (nSPS) is 17.6. The van der Waals surface area contributed by atoms with Crippen LogP contribution >= 0.6 is 0 Å². The van der Waals surface area contributed by atoms with Gasteiger partial charge in [0.25, 0.3) is 0 Å². The van der Waals surface area contributed by atoms with E-state index >= 15 is 0 Å². The Morgan fingerprint density at radius 1 is 1.62 bits per heavy atom. The van der Waals surface area contributed by atoms with Crippen molar-refractivity contribution in [2.45, 2.75) is 13.5 Å². The summed E-state index contributed by atoms with van der Waals surface area (Å²) < 4.78 is 17.6. The number of aromatic nitrogens is 1. The minimum Gasteiger partial charge on any atom is -0.379 e. The third kappa shape index (κ3) is 2.19. The molecule has 0 spiro atoms. The van der Waals surface area contributed by atoms with Crippen molar-refractivity contribution in [3.05, 3.63) is 29.8 Å². The molecular formula is C11H13FN2O2. The molecule has 5 heteroatoms. The van der Waals surface area contributed by atoms with Crippen molar-refractivity contribution in [1.82, 2.24) is 10.3 Å². The van der Waals surface area contributed by atoms with Crippen LogP contribution in [0.2, 0.25) is 0 Å². The molecule has 0 bridgehead atoms. The van der Waals surface area contributed by atoms with E-state index in [1.807, 2.05) is 6.92 Å². The van der Waals surface area contributed by atoms with Crippen LogP contribution in [0.1, 0.15) is 12.6 Å². The molecule has 1 aromatic heterocycles. The number of hydrogen-bond acceptors (Lipinski definition) is 3. The number of carbonyl (C=O) groups is 1. The van der Waals surface area contributed by atoms with Crippen LogP contribution in [0.3, 0.4) is 0 Å². The first-order valence-corrected chi connectivity index (χ1v) is 5.07. The lowest BCUT2D eigenvalue weighted by Crippen LogP contribution is -2.51. The molecule has 0 unspecified atom stereocenters. The predicted octanol–water partition coefficient (Wildman–Crippen LogP) is 0.873. The third-order valence-electron chi connectivity index (χ3n) is 2.61. The lowest BCUT2D eigenvalue weighted by Gasteiger charge is -2.36. The number of halogens is 1. The van der Waals surface area contributed by atoms with Gasteiger partial charge in [-0.3, -0.25) is 9.78 Å². The molecule has 0 radical (unpaired) electrons. The summed E-state index contributed by atoms with van der Waals surface area (Å²) in [6.45, 7) is 3.07. The van der Waals surface area contributed by atoms with E-state index in [-0.39, 0.29) is 11.7 Å². The van der Waals surface area contributed by atoms with E-state index in [9.17, 15) is 9.18 Å². The first kappa shape index (κ1) is 11.0. The number of hydrogen-bond donors (Lipinski definition) is 1. The van der Waals surface area contributed by atoms with Gasteiger partial charge in [0.15, 0.2) is 0 Å². The number of rotatable bonds is 3. The van der Waals surface area contributed by atoms with Crippen LogP contribution in [0, 0.1) is 11.2 Å². The fourth-order valence-electron chi connectivity index (χ4n) is 1.43. The first-order valence-electron chi connectivity index (χ1n) is 5.07. The Kier molecular flexibility index (Phi) is 2.87. The van der Waals surface area contributed by atoms with Crippen LogP contribution in [0.25, 0.3) is 0 Å². The van der Waals surface area contributed by atoms with Gasteiger partial charge in [-0.25, -0.2) is 4.39 Å². The van der Waals surface area contributed by atoms with Crippen molar-refractivity contribution in [1.29, 1.82) is 0 Å². The lowest BCUT2D eigenvalue weighted by molar-refractivity contribution is -0.157. The Hall–Kier alpha value is -1.49. The highest BCUT2D eigenvalue weighted by atomic mass is 19.1. The smallest absolute Gasteiger partial charge is 0.230 e. The van der Waals surface area contributed by atoms with Gasteiger partial charge in [0.05, 0.1) is 37.1 Å². The number of pyridine rings is 1. The minimum atomic E-state index is -0.417. The third-order valence-corrected chi connectivity index (χ3v) is 2.61. The van der Waals surface area contributed by atoms with Crippen LogP contribution in [0.15, 0.2) is 18.3 Å². The Balaban J connectivity index is 1.87. The monoisotopic (exact) mass is 224 g/mol. The summed E-state index contributed by atoms with van der Waals surface area (Å²) in [7, 11) is 0. The van der Waals surface area contributed by atoms with E-state index in [2.05, 4.69) is 10.3 Å². The second kappa shape index (κ2) is 4.17. The maximum absolute atomic E-state index is 12.6. The van der Waals surface area contributed by atoms with E-state index in [4.69, 9.17) is 4.74 Å². The van der Waals surface area contributed by atoms with Crippen molar-refractivity contribution in [3.63, 3.8) is 0 Å². The van der Waals surface area contributed by atoms with Crippen LogP contribution in [0.5, 0.6) is 0 Å². The molecule has 4 nitrogen and oxygen atoms in total. The average Bonchev–Trinajstić information content (AvgIpc) is 2.24. The Bertz CT molecular complexity index is 387. The zero-order valence-electron chi connectivity index (χ0n) is 9.00. The van der Waals surface area contributed by atoms with Crippen LogP contribution < -0.4 is 5.32 Å². The van der Waals surface area contributed by atoms with Gasteiger partial charge in [0.1, 0.15) is 5.82 Å². The van der Waals surface area contributed by atoms with Gasteiger partial charge < -0.3 is 10.1 Å². The molecule has 16 heavy (non-hydrogen) atoms. The summed E-state index contributed by atoms with van der Waals surface area (Å²) in [5, 5.41) is 2.76. The molecule has 0 aliphatic carbocycles. The summed E-state index contributed by atoms with van der Waals surface area (Å²) in [5.41, 5.74) is 0.221. The molecule has 1 amide bonds. The molecule has 1 aliphatic rings. The van der Waals surface area contributed by atoms with Crippen LogP contribution in [-0.2, 0) is 16.1 Å². The van der Waals surface area contributed by atoms with Gasteiger partial charge in [-0.1, -0.05) is 0 Å². The highest BCUT2D eigenvalue weighted by Crippen LogP contribution is 2.26. The van der Waals surface area contributed by atoms with Crippen molar-refractivity contribution in [2.24, 2.45) is 5.41 Å². The first-order chi connectivity index (χ1) is 7.60. The summed E-state index contributed by atoms with van der Waals surface area (Å²) >= 11 is 0. The van der Waals surface area contributed by atoms with Gasteiger partial charge >= 0.3 is 0 Å². The number of carbonyl (C=O) groups excluding carboxylic acids is 1. The standard InChI is InChI=1S/C11H13FN2O2/c1-11(6-16-7-11)10(15)14-5-9-3-2-8(12)4-13-9/h2-4H,5-7H2,1H3,(H,14,15). The predicted molar refractivity (Wildman–Crippen MR) is 55.0 cm³/mol. The largest absolute Gasteiger partial charge is 0.379 e. The topological polar surface area (TPSA) is 51.2 Å². The van der Waals surface area contributed by atoms with Crippen molar-refractivity contribution >= 4 is 5.91 Å². The molecule has 1 aliphatic heterocycles. The molecular weight excluding hydrogens is 211 g/mol. The molecule has 2 heterocycles. The van der Waals surface area contributed by atoms with Gasteiger partial charge in [-0.05, 0) is 19.1 Å². The van der Waals surface area contributed by atoms with E-state index in [1.165, 1.54) is 6.07 Å². The second-order valence-corrected chi connectivity index (χ2v) is 4.20. The average molecular weight is 224 g/mol. The Morgan fingerprint density at radius 3 is 2.88 bits per heavy atom. The van der Waals surface area contributed by atoms with Gasteiger partial charge in [0, 0.05) is 0 Å². The molecule has 1 saturated heterocycles. The fourth-order valence-corrected chi connectivity index (χ4v) is 1.43. The molecule has 1 N–H and O–H groups in total. The molecule has 0 atom stereocenters. The molecule has 0 aromatic carbocycles. The van der Waals surface area contributed by atoms with Gasteiger partial charge in [0.2, 0.25) is 5.91 Å². The molecule has 1 fully saturated rings. The minimum absolute atomic E-state index is 0.0510. The van der Waals surface area contributed by atoms with E-state index in [0.29, 0.717) is 25.5 Å². The quantitative estimate of drug-likeness (QED) is 0.829. The van der Waals surface area contributed by atoms with Crippen molar-refractivity contribution in [3.8, 4) is 0 Å². The SMILES string of the molecule is CC1(C(=O)NCc2ccc(F)cn2)COC1.